The average molecular weight is 634 g/mol. The van der Waals surface area contributed by atoms with Gasteiger partial charge in [0, 0.05) is 29.9 Å². The first-order valence-electron chi connectivity index (χ1n) is 12.3. The predicted molar refractivity (Wildman–Crippen MR) is 145 cm³/mol. The number of amides is 2. The first kappa shape index (κ1) is 31.1. The lowest BCUT2D eigenvalue weighted by Gasteiger charge is -2.24. The van der Waals surface area contributed by atoms with E-state index in [0.717, 1.165) is 0 Å². The van der Waals surface area contributed by atoms with Crippen LogP contribution in [0, 0.1) is 0 Å². The number of aryl methyl sites for hydroxylation is 1. The molecule has 1 aliphatic rings. The van der Waals surface area contributed by atoms with Gasteiger partial charge in [-0.1, -0.05) is 11.6 Å². The van der Waals surface area contributed by atoms with Crippen molar-refractivity contribution < 1.29 is 40.7 Å². The number of rotatable bonds is 9. The van der Waals surface area contributed by atoms with Crippen LogP contribution in [0.2, 0.25) is 5.02 Å². The number of halogens is 7. The van der Waals surface area contributed by atoms with E-state index in [9.17, 15) is 35.9 Å². The molecule has 1 N–H and O–H groups in total. The largest absolute Gasteiger partial charge is 0.497 e. The molecule has 1 unspecified atom stereocenters. The number of aromatic nitrogens is 2. The summed E-state index contributed by atoms with van der Waals surface area (Å²) < 4.78 is 84.7. The van der Waals surface area contributed by atoms with Gasteiger partial charge in [0.25, 0.3) is 5.91 Å². The van der Waals surface area contributed by atoms with Crippen LogP contribution in [0.5, 0.6) is 5.75 Å². The smallest absolute Gasteiger partial charge is 0.435 e. The Balaban J connectivity index is 1.55. The lowest BCUT2D eigenvalue weighted by molar-refractivity contribution is -0.144. The van der Waals surface area contributed by atoms with E-state index in [1.807, 2.05) is 0 Å². The fourth-order valence-corrected chi connectivity index (χ4v) is 4.86. The lowest BCUT2D eigenvalue weighted by Crippen LogP contribution is -2.39. The Morgan fingerprint density at radius 2 is 1.67 bits per heavy atom. The molecule has 0 aliphatic carbocycles. The second-order valence-electron chi connectivity index (χ2n) is 9.11. The van der Waals surface area contributed by atoms with Crippen LogP contribution in [0.15, 0.2) is 54.6 Å². The molecule has 3 aromatic rings. The zero-order chi connectivity index (χ0) is 30.8. The Hall–Kier alpha value is -3.85. The number of anilines is 2. The van der Waals surface area contributed by atoms with Crippen LogP contribution in [0.1, 0.15) is 24.2 Å². The number of ether oxygens (including phenoxy) is 1. The van der Waals surface area contributed by atoms with E-state index in [2.05, 4.69) is 10.4 Å². The van der Waals surface area contributed by atoms with Gasteiger partial charge in [-0.2, -0.15) is 31.4 Å². The molecule has 1 saturated heterocycles. The van der Waals surface area contributed by atoms with Crippen molar-refractivity contribution in [2.75, 3.05) is 23.9 Å². The Labute approximate surface area is 245 Å². The van der Waals surface area contributed by atoms with E-state index in [0.29, 0.717) is 22.1 Å². The Morgan fingerprint density at radius 1 is 1.02 bits per heavy atom. The van der Waals surface area contributed by atoms with Gasteiger partial charge in [0.2, 0.25) is 5.91 Å². The molecule has 0 bridgehead atoms. The lowest BCUT2D eigenvalue weighted by atomic mass is 10.1. The minimum atomic E-state index is -5.08. The molecule has 0 spiro atoms. The number of methoxy groups -OCH3 is 1. The highest BCUT2D eigenvalue weighted by Crippen LogP contribution is 2.35. The number of hydrogen-bond donors (Lipinski definition) is 1. The van der Waals surface area contributed by atoms with E-state index in [-0.39, 0.29) is 35.2 Å². The summed E-state index contributed by atoms with van der Waals surface area (Å²) in [6.45, 7) is -0.725. The van der Waals surface area contributed by atoms with Crippen molar-refractivity contribution in [1.29, 1.82) is 0 Å². The van der Waals surface area contributed by atoms with Crippen LogP contribution in [-0.4, -0.2) is 51.3 Å². The monoisotopic (exact) mass is 633 g/mol. The van der Waals surface area contributed by atoms with E-state index >= 15 is 0 Å². The molecule has 0 saturated carbocycles. The fraction of sp³-hybridized carbons (Fsp3) is 0.308. The maximum absolute atomic E-state index is 13.5. The molecule has 224 valence electrons. The molecule has 1 aromatic heterocycles. The number of benzene rings is 2. The molecule has 4 rings (SSSR count). The van der Waals surface area contributed by atoms with Crippen molar-refractivity contribution in [1.82, 2.24) is 14.7 Å². The summed E-state index contributed by atoms with van der Waals surface area (Å²) >= 11 is 11.5. The van der Waals surface area contributed by atoms with Gasteiger partial charge in [0.05, 0.1) is 19.2 Å². The molecule has 16 heteroatoms. The zero-order valence-corrected chi connectivity index (χ0v) is 23.2. The van der Waals surface area contributed by atoms with E-state index in [1.54, 1.807) is 24.3 Å². The number of carbonyl (C=O) groups is 2. The van der Waals surface area contributed by atoms with Gasteiger partial charge in [0.1, 0.15) is 17.5 Å². The highest BCUT2D eigenvalue weighted by atomic mass is 35.5. The van der Waals surface area contributed by atoms with Crippen molar-refractivity contribution in [2.24, 2.45) is 0 Å². The van der Waals surface area contributed by atoms with Crippen molar-refractivity contribution in [3.05, 3.63) is 71.0 Å². The Morgan fingerprint density at radius 3 is 2.24 bits per heavy atom. The minimum Gasteiger partial charge on any atom is -0.497 e. The predicted octanol–water partition coefficient (Wildman–Crippen LogP) is 6.00. The molecule has 2 heterocycles. The summed E-state index contributed by atoms with van der Waals surface area (Å²) in [7, 11) is 1.48. The van der Waals surface area contributed by atoms with Crippen LogP contribution in [0.25, 0.3) is 0 Å². The van der Waals surface area contributed by atoms with Crippen molar-refractivity contribution in [2.45, 2.75) is 37.8 Å². The number of alkyl halides is 6. The molecular weight excluding hydrogens is 612 g/mol. The van der Waals surface area contributed by atoms with Gasteiger partial charge in [0.15, 0.2) is 10.8 Å². The van der Waals surface area contributed by atoms with Crippen LogP contribution < -0.4 is 15.0 Å². The van der Waals surface area contributed by atoms with Gasteiger partial charge in [-0.3, -0.25) is 19.2 Å². The van der Waals surface area contributed by atoms with E-state index in [1.165, 1.54) is 41.2 Å². The Bertz CT molecular complexity index is 1460. The molecule has 0 radical (unpaired) electrons. The van der Waals surface area contributed by atoms with Crippen LogP contribution in [0.4, 0.5) is 37.7 Å². The third kappa shape index (κ3) is 6.95. The summed E-state index contributed by atoms with van der Waals surface area (Å²) in [6, 6.07) is 11.3. The molecular formula is C26H22ClF6N5O3S. The van der Waals surface area contributed by atoms with Crippen LogP contribution in [-0.2, 0) is 28.5 Å². The van der Waals surface area contributed by atoms with Gasteiger partial charge in [-0.05, 0) is 67.2 Å². The van der Waals surface area contributed by atoms with Crippen molar-refractivity contribution in [3.63, 3.8) is 0 Å². The third-order valence-corrected chi connectivity index (χ3v) is 6.95. The second-order valence-corrected chi connectivity index (χ2v) is 9.91. The van der Waals surface area contributed by atoms with Gasteiger partial charge in [-0.15, -0.1) is 0 Å². The van der Waals surface area contributed by atoms with Crippen molar-refractivity contribution >= 4 is 52.1 Å². The number of nitrogens with zero attached hydrogens (tertiary/aromatic N) is 4. The van der Waals surface area contributed by atoms with Gasteiger partial charge < -0.3 is 15.0 Å². The molecule has 1 atom stereocenters. The van der Waals surface area contributed by atoms with Gasteiger partial charge >= 0.3 is 12.4 Å². The van der Waals surface area contributed by atoms with Crippen LogP contribution >= 0.6 is 23.8 Å². The summed E-state index contributed by atoms with van der Waals surface area (Å²) in [5.41, 5.74) is -2.47. The SMILES string of the molecule is COc1ccc(NC(=O)CC2C(=O)N(c3ccc(Cl)cc3)C(=S)N2CCCn2nc(C(F)(F)F)cc2C(F)(F)F)cc1. The molecule has 2 amide bonds. The van der Waals surface area contributed by atoms with E-state index < -0.39 is 48.1 Å². The Kier molecular flexibility index (Phi) is 9.01. The highest BCUT2D eigenvalue weighted by molar-refractivity contribution is 7.80. The summed E-state index contributed by atoms with van der Waals surface area (Å²) in [5.74, 6) is -0.561. The standard InChI is InChI=1S/C26H22ClF6N5O3S/c1-41-18-9-5-16(6-10-18)34-22(39)13-19-23(40)38(17-7-3-15(27)4-8-17)24(42)36(19)11-2-12-37-21(26(31,32)33)14-20(35-37)25(28,29)30/h3-10,14,19H,2,11-13H2,1H3,(H,34,39). The average Bonchev–Trinajstić information content (AvgIpc) is 3.45. The summed E-state index contributed by atoms with van der Waals surface area (Å²) in [5, 5.41) is 6.12. The highest BCUT2D eigenvalue weighted by Gasteiger charge is 2.45. The van der Waals surface area contributed by atoms with E-state index in [4.69, 9.17) is 28.6 Å². The molecule has 1 fully saturated rings. The first-order chi connectivity index (χ1) is 19.7. The molecule has 1 aliphatic heterocycles. The topological polar surface area (TPSA) is 79.7 Å². The van der Waals surface area contributed by atoms with Gasteiger partial charge in [-0.25, -0.2) is 0 Å². The maximum atomic E-state index is 13.5. The molecule has 2 aromatic carbocycles. The maximum Gasteiger partial charge on any atom is 0.435 e. The third-order valence-electron chi connectivity index (χ3n) is 6.29. The number of nitrogens with one attached hydrogen (secondary N) is 1. The quantitative estimate of drug-likeness (QED) is 0.230. The number of hydrogen-bond acceptors (Lipinski definition) is 5. The molecule has 8 nitrogen and oxygen atoms in total. The fourth-order valence-electron chi connectivity index (χ4n) is 4.32. The normalized spacial score (nSPS) is 15.9. The zero-order valence-electron chi connectivity index (χ0n) is 21.7. The second kappa shape index (κ2) is 12.2. The number of thiocarbonyl (C=S) groups is 1. The number of carbonyl (C=O) groups excluding carboxylic acids is 2. The summed E-state index contributed by atoms with van der Waals surface area (Å²) in [4.78, 5) is 28.9. The van der Waals surface area contributed by atoms with Crippen molar-refractivity contribution in [3.8, 4) is 5.75 Å². The van der Waals surface area contributed by atoms with Crippen LogP contribution in [0.3, 0.4) is 0 Å². The minimum absolute atomic E-state index is 0.0305. The summed E-state index contributed by atoms with van der Waals surface area (Å²) in [6.07, 6.45) is -10.7. The molecule has 42 heavy (non-hydrogen) atoms. The first-order valence-corrected chi connectivity index (χ1v) is 13.0.